The highest BCUT2D eigenvalue weighted by Gasteiger charge is 2.04. The van der Waals surface area contributed by atoms with Crippen molar-refractivity contribution < 1.29 is 0 Å². The molecule has 0 bridgehead atoms. The Kier molecular flexibility index (Phi) is 2.38. The molecule has 0 aliphatic rings. The fraction of sp³-hybridized carbons (Fsp3) is 0. The summed E-state index contributed by atoms with van der Waals surface area (Å²) in [5, 5.41) is 8.98. The highest BCUT2D eigenvalue weighted by molar-refractivity contribution is 5.72. The molecular weight excluding hydrogens is 184 g/mol. The third-order valence-corrected chi connectivity index (χ3v) is 2.16. The van der Waals surface area contributed by atoms with Gasteiger partial charge >= 0.3 is 0 Å². The van der Waals surface area contributed by atoms with Gasteiger partial charge in [-0.15, -0.1) is 0 Å². The van der Waals surface area contributed by atoms with Gasteiger partial charge in [-0.2, -0.15) is 5.26 Å². The van der Waals surface area contributed by atoms with E-state index in [1.54, 1.807) is 12.1 Å². The number of rotatable bonds is 1. The van der Waals surface area contributed by atoms with Gasteiger partial charge in [-0.1, -0.05) is 30.3 Å². The van der Waals surface area contributed by atoms with E-state index in [0.29, 0.717) is 11.3 Å². The van der Waals surface area contributed by atoms with Gasteiger partial charge in [-0.25, -0.2) is 0 Å². The van der Waals surface area contributed by atoms with Gasteiger partial charge in [-0.3, -0.25) is 0 Å². The maximum Gasteiger partial charge on any atom is 0.0998 e. The van der Waals surface area contributed by atoms with Gasteiger partial charge in [-0.05, 0) is 23.8 Å². The molecule has 2 aromatic carbocycles. The maximum absolute atomic E-state index is 8.98. The molecule has 0 amide bonds. The van der Waals surface area contributed by atoms with E-state index < -0.39 is 0 Å². The number of benzene rings is 2. The Morgan fingerprint density at radius 2 is 2.07 bits per heavy atom. The third kappa shape index (κ3) is 1.82. The van der Waals surface area contributed by atoms with E-state index >= 15 is 0 Å². The van der Waals surface area contributed by atoms with Crippen LogP contribution in [0.25, 0.3) is 11.1 Å². The second-order valence-corrected chi connectivity index (χ2v) is 3.19. The molecule has 0 atom stereocenters. The van der Waals surface area contributed by atoms with Crippen LogP contribution in [-0.4, -0.2) is 0 Å². The minimum atomic E-state index is 0.581. The minimum Gasteiger partial charge on any atom is -0.399 e. The standard InChI is InChI=1S/C13H9N2/c14-9-11-8-12(15)6-7-13(11)10-4-2-1-3-5-10/h1-4,6-8H,15H2. The topological polar surface area (TPSA) is 49.8 Å². The molecule has 2 N–H and O–H groups in total. The first-order valence-corrected chi connectivity index (χ1v) is 4.58. The lowest BCUT2D eigenvalue weighted by Gasteiger charge is -2.04. The molecule has 0 saturated carbocycles. The van der Waals surface area contributed by atoms with Crippen LogP contribution in [0.5, 0.6) is 0 Å². The number of nitrogens with two attached hydrogens (primary N) is 1. The van der Waals surface area contributed by atoms with Crippen LogP contribution in [0.3, 0.4) is 0 Å². The highest BCUT2D eigenvalue weighted by atomic mass is 14.5. The van der Waals surface area contributed by atoms with Gasteiger partial charge in [0.05, 0.1) is 11.6 Å². The summed E-state index contributed by atoms with van der Waals surface area (Å²) < 4.78 is 0. The van der Waals surface area contributed by atoms with E-state index in [2.05, 4.69) is 12.1 Å². The zero-order valence-corrected chi connectivity index (χ0v) is 8.07. The van der Waals surface area contributed by atoms with E-state index in [4.69, 9.17) is 11.0 Å². The maximum atomic E-state index is 8.98. The molecule has 1 radical (unpaired) electrons. The predicted molar refractivity (Wildman–Crippen MR) is 59.8 cm³/mol. The normalized spacial score (nSPS) is 9.53. The first-order chi connectivity index (χ1) is 7.31. The number of hydrogen-bond donors (Lipinski definition) is 1. The number of anilines is 1. The first-order valence-electron chi connectivity index (χ1n) is 4.58. The largest absolute Gasteiger partial charge is 0.399 e. The molecule has 0 spiro atoms. The zero-order chi connectivity index (χ0) is 10.7. The molecule has 0 aromatic heterocycles. The lowest BCUT2D eigenvalue weighted by Crippen LogP contribution is -1.89. The van der Waals surface area contributed by atoms with Crippen molar-refractivity contribution in [3.05, 3.63) is 54.1 Å². The second-order valence-electron chi connectivity index (χ2n) is 3.19. The Balaban J connectivity index is 2.60. The van der Waals surface area contributed by atoms with E-state index in [1.165, 1.54) is 0 Å². The van der Waals surface area contributed by atoms with Crippen molar-refractivity contribution in [1.29, 1.82) is 5.26 Å². The number of nitrogen functional groups attached to an aromatic ring is 1. The van der Waals surface area contributed by atoms with E-state index in [0.717, 1.165) is 11.1 Å². The van der Waals surface area contributed by atoms with Crippen LogP contribution in [0.1, 0.15) is 5.56 Å². The zero-order valence-electron chi connectivity index (χ0n) is 8.07. The molecule has 0 aliphatic heterocycles. The number of nitrogens with zero attached hydrogens (tertiary/aromatic N) is 1. The van der Waals surface area contributed by atoms with Crippen molar-refractivity contribution in [2.45, 2.75) is 0 Å². The van der Waals surface area contributed by atoms with Crippen LogP contribution in [-0.2, 0) is 0 Å². The molecule has 0 fully saturated rings. The summed E-state index contributed by atoms with van der Waals surface area (Å²) in [5.41, 5.74) is 8.58. The van der Waals surface area contributed by atoms with Crippen LogP contribution in [0.4, 0.5) is 5.69 Å². The number of hydrogen-bond acceptors (Lipinski definition) is 2. The summed E-state index contributed by atoms with van der Waals surface area (Å²) in [6.45, 7) is 0. The molecule has 0 unspecified atom stereocenters. The van der Waals surface area contributed by atoms with Crippen molar-refractivity contribution in [3.63, 3.8) is 0 Å². The molecule has 2 nitrogen and oxygen atoms in total. The lowest BCUT2D eigenvalue weighted by molar-refractivity contribution is 1.48. The Bertz CT molecular complexity index is 510. The first kappa shape index (κ1) is 9.29. The summed E-state index contributed by atoms with van der Waals surface area (Å²) in [6.07, 6.45) is 0. The smallest absolute Gasteiger partial charge is 0.0998 e. The summed E-state index contributed by atoms with van der Waals surface area (Å²) in [5.74, 6) is 0. The molecule has 71 valence electrons. The van der Waals surface area contributed by atoms with Crippen molar-refractivity contribution >= 4 is 5.69 Å². The Labute approximate surface area is 88.6 Å². The van der Waals surface area contributed by atoms with Crippen molar-refractivity contribution in [2.75, 3.05) is 5.73 Å². The highest BCUT2D eigenvalue weighted by Crippen LogP contribution is 2.24. The third-order valence-electron chi connectivity index (χ3n) is 2.16. The van der Waals surface area contributed by atoms with Gasteiger partial charge in [0.25, 0.3) is 0 Å². The summed E-state index contributed by atoms with van der Waals surface area (Å²) >= 11 is 0. The number of nitriles is 1. The fourth-order valence-corrected chi connectivity index (χ4v) is 1.45. The van der Waals surface area contributed by atoms with Crippen LogP contribution < -0.4 is 5.73 Å². The van der Waals surface area contributed by atoms with Crippen LogP contribution in [0.15, 0.2) is 42.5 Å². The predicted octanol–water partition coefficient (Wildman–Crippen LogP) is 2.61. The van der Waals surface area contributed by atoms with E-state index in [9.17, 15) is 0 Å². The average molecular weight is 193 g/mol. The van der Waals surface area contributed by atoms with E-state index in [1.807, 2.05) is 30.3 Å². The lowest BCUT2D eigenvalue weighted by atomic mass is 10.00. The Morgan fingerprint density at radius 1 is 1.20 bits per heavy atom. The quantitative estimate of drug-likeness (QED) is 0.708. The van der Waals surface area contributed by atoms with E-state index in [-0.39, 0.29) is 0 Å². The monoisotopic (exact) mass is 193 g/mol. The molecule has 15 heavy (non-hydrogen) atoms. The Hall–Kier alpha value is -2.27. The fourth-order valence-electron chi connectivity index (χ4n) is 1.45. The van der Waals surface area contributed by atoms with Crippen molar-refractivity contribution in [1.82, 2.24) is 0 Å². The molecule has 0 saturated heterocycles. The molecule has 2 aromatic rings. The van der Waals surface area contributed by atoms with Crippen LogP contribution in [0.2, 0.25) is 0 Å². The SMILES string of the molecule is N#Cc1cc(N)ccc1-c1[c]cccc1. The molecular formula is C13H9N2. The summed E-state index contributed by atoms with van der Waals surface area (Å²) in [6, 6.07) is 18.1. The summed E-state index contributed by atoms with van der Waals surface area (Å²) in [7, 11) is 0. The van der Waals surface area contributed by atoms with Crippen molar-refractivity contribution in [2.24, 2.45) is 0 Å². The van der Waals surface area contributed by atoms with Gasteiger partial charge in [0.15, 0.2) is 0 Å². The van der Waals surface area contributed by atoms with Crippen LogP contribution >= 0.6 is 0 Å². The molecule has 2 heteroatoms. The van der Waals surface area contributed by atoms with Crippen LogP contribution in [0, 0.1) is 17.4 Å². The van der Waals surface area contributed by atoms with Crippen molar-refractivity contribution in [3.8, 4) is 17.2 Å². The van der Waals surface area contributed by atoms with Gasteiger partial charge in [0, 0.05) is 11.3 Å². The Morgan fingerprint density at radius 3 is 2.73 bits per heavy atom. The molecule has 0 aliphatic carbocycles. The minimum absolute atomic E-state index is 0.581. The van der Waals surface area contributed by atoms with Gasteiger partial charge in [0.1, 0.15) is 0 Å². The summed E-state index contributed by atoms with van der Waals surface area (Å²) in [4.78, 5) is 0. The second kappa shape index (κ2) is 3.85. The molecule has 0 heterocycles. The van der Waals surface area contributed by atoms with Gasteiger partial charge in [0.2, 0.25) is 0 Å². The average Bonchev–Trinajstić information content (AvgIpc) is 2.30. The van der Waals surface area contributed by atoms with Gasteiger partial charge < -0.3 is 5.73 Å². The molecule has 2 rings (SSSR count).